The molecule has 3 N–H and O–H groups in total. The van der Waals surface area contributed by atoms with Crippen LogP contribution in [-0.2, 0) is 11.2 Å². The molecule has 2 heterocycles. The highest BCUT2D eigenvalue weighted by Crippen LogP contribution is 2.33. The van der Waals surface area contributed by atoms with E-state index in [4.69, 9.17) is 17.3 Å². The molecular formula is C15H18ClN3OS2. The van der Waals surface area contributed by atoms with Gasteiger partial charge >= 0.3 is 0 Å². The molecule has 0 unspecified atom stereocenters. The van der Waals surface area contributed by atoms with Crippen molar-refractivity contribution in [3.05, 3.63) is 27.5 Å². The Morgan fingerprint density at radius 1 is 1.41 bits per heavy atom. The molecule has 0 saturated heterocycles. The van der Waals surface area contributed by atoms with Crippen molar-refractivity contribution in [2.24, 2.45) is 5.73 Å². The van der Waals surface area contributed by atoms with Crippen LogP contribution in [0, 0.1) is 0 Å². The summed E-state index contributed by atoms with van der Waals surface area (Å²) in [5.41, 5.74) is 6.45. The number of nitrogens with zero attached hydrogens (tertiary/aromatic N) is 1. The number of rotatable bonds is 5. The van der Waals surface area contributed by atoms with Gasteiger partial charge in [0.25, 0.3) is 0 Å². The number of amides is 1. The van der Waals surface area contributed by atoms with E-state index in [9.17, 15) is 4.79 Å². The van der Waals surface area contributed by atoms with Crippen molar-refractivity contribution in [3.8, 4) is 9.88 Å². The molecule has 22 heavy (non-hydrogen) atoms. The van der Waals surface area contributed by atoms with Gasteiger partial charge in [0.05, 0.1) is 26.9 Å². The second kappa shape index (κ2) is 6.66. The Morgan fingerprint density at radius 3 is 2.82 bits per heavy atom. The van der Waals surface area contributed by atoms with Crippen LogP contribution in [-0.4, -0.2) is 23.0 Å². The first kappa shape index (κ1) is 15.9. The minimum atomic E-state index is -0.197. The zero-order valence-corrected chi connectivity index (χ0v) is 14.5. The fourth-order valence-corrected chi connectivity index (χ4v) is 4.80. The number of thiophene rings is 1. The first-order chi connectivity index (χ1) is 10.6. The first-order valence-electron chi connectivity index (χ1n) is 7.31. The maximum Gasteiger partial charge on any atom is 0.226 e. The van der Waals surface area contributed by atoms with Gasteiger partial charge in [0.15, 0.2) is 0 Å². The lowest BCUT2D eigenvalue weighted by atomic mass is 9.97. The summed E-state index contributed by atoms with van der Waals surface area (Å²) in [7, 11) is 0. The van der Waals surface area contributed by atoms with E-state index in [-0.39, 0.29) is 11.4 Å². The maximum absolute atomic E-state index is 12.3. The highest BCUT2D eigenvalue weighted by molar-refractivity contribution is 7.23. The summed E-state index contributed by atoms with van der Waals surface area (Å²) in [6.07, 6.45) is 4.53. The molecule has 0 spiro atoms. The average Bonchev–Trinajstić information content (AvgIpc) is 3.20. The number of nitrogens with two attached hydrogens (primary N) is 1. The number of aromatic nitrogens is 1. The van der Waals surface area contributed by atoms with Gasteiger partial charge in [-0.05, 0) is 25.0 Å². The lowest BCUT2D eigenvalue weighted by molar-refractivity contribution is -0.122. The predicted octanol–water partition coefficient (Wildman–Crippen LogP) is 3.46. The van der Waals surface area contributed by atoms with Crippen molar-refractivity contribution < 1.29 is 4.79 Å². The van der Waals surface area contributed by atoms with Crippen molar-refractivity contribution in [2.45, 2.75) is 37.6 Å². The minimum Gasteiger partial charge on any atom is -0.349 e. The van der Waals surface area contributed by atoms with Crippen LogP contribution < -0.4 is 11.1 Å². The van der Waals surface area contributed by atoms with Gasteiger partial charge in [-0.3, -0.25) is 4.79 Å². The molecule has 0 aromatic carbocycles. The third kappa shape index (κ3) is 3.51. The van der Waals surface area contributed by atoms with E-state index in [1.807, 2.05) is 17.5 Å². The van der Waals surface area contributed by atoms with Crippen LogP contribution in [0.5, 0.6) is 0 Å². The molecule has 0 radical (unpaired) electrons. The van der Waals surface area contributed by atoms with Crippen molar-refractivity contribution in [2.75, 3.05) is 6.54 Å². The molecule has 3 rings (SSSR count). The molecule has 0 aliphatic heterocycles. The zero-order chi connectivity index (χ0) is 15.6. The van der Waals surface area contributed by atoms with Crippen LogP contribution in [0.1, 0.15) is 31.4 Å². The van der Waals surface area contributed by atoms with Crippen LogP contribution in [0.4, 0.5) is 0 Å². The van der Waals surface area contributed by atoms with Gasteiger partial charge in [0.1, 0.15) is 5.01 Å². The van der Waals surface area contributed by atoms with Crippen LogP contribution in [0.15, 0.2) is 17.5 Å². The van der Waals surface area contributed by atoms with E-state index in [1.54, 1.807) is 11.3 Å². The standard InChI is InChI=1S/C15H18ClN3OS2/c16-12-4-3-11(22-12)14-18-10(8-21-14)7-13(20)19-15(9-17)5-1-2-6-15/h3-4,8H,1-2,5-7,9,17H2,(H,19,20). The van der Waals surface area contributed by atoms with Crippen LogP contribution >= 0.6 is 34.3 Å². The summed E-state index contributed by atoms with van der Waals surface area (Å²) < 4.78 is 0.746. The van der Waals surface area contributed by atoms with Crippen molar-refractivity contribution in [1.29, 1.82) is 0 Å². The van der Waals surface area contributed by atoms with Crippen molar-refractivity contribution in [3.63, 3.8) is 0 Å². The van der Waals surface area contributed by atoms with E-state index in [2.05, 4.69) is 10.3 Å². The zero-order valence-electron chi connectivity index (χ0n) is 12.1. The Hall–Kier alpha value is -0.950. The van der Waals surface area contributed by atoms with Crippen LogP contribution in [0.3, 0.4) is 0 Å². The molecule has 0 bridgehead atoms. The number of thiazole rings is 1. The predicted molar refractivity (Wildman–Crippen MR) is 92.5 cm³/mol. The van der Waals surface area contributed by atoms with Gasteiger partial charge in [0.2, 0.25) is 5.91 Å². The van der Waals surface area contributed by atoms with E-state index in [0.717, 1.165) is 45.6 Å². The molecule has 1 aliphatic carbocycles. The van der Waals surface area contributed by atoms with E-state index < -0.39 is 0 Å². The fourth-order valence-electron chi connectivity index (χ4n) is 2.87. The van der Waals surface area contributed by atoms with Crippen LogP contribution in [0.2, 0.25) is 4.34 Å². The van der Waals surface area contributed by atoms with Gasteiger partial charge in [-0.15, -0.1) is 22.7 Å². The van der Waals surface area contributed by atoms with Gasteiger partial charge in [-0.1, -0.05) is 24.4 Å². The molecule has 1 fully saturated rings. The second-order valence-electron chi connectivity index (χ2n) is 5.66. The summed E-state index contributed by atoms with van der Waals surface area (Å²) in [5, 5.41) is 5.97. The summed E-state index contributed by atoms with van der Waals surface area (Å²) in [4.78, 5) is 17.8. The highest BCUT2D eigenvalue weighted by atomic mass is 35.5. The molecule has 1 amide bonds. The van der Waals surface area contributed by atoms with Crippen LogP contribution in [0.25, 0.3) is 9.88 Å². The number of halogens is 1. The number of nitrogens with one attached hydrogen (secondary N) is 1. The van der Waals surface area contributed by atoms with Gasteiger partial charge in [-0.2, -0.15) is 0 Å². The Labute approximate surface area is 142 Å². The second-order valence-corrected chi connectivity index (χ2v) is 8.24. The minimum absolute atomic E-state index is 0.00779. The highest BCUT2D eigenvalue weighted by Gasteiger charge is 2.33. The number of carbonyl (C=O) groups excluding carboxylic acids is 1. The molecule has 0 atom stereocenters. The lowest BCUT2D eigenvalue weighted by Crippen LogP contribution is -2.52. The normalized spacial score (nSPS) is 16.8. The lowest BCUT2D eigenvalue weighted by Gasteiger charge is -2.28. The molecule has 1 aliphatic rings. The Kier molecular flexibility index (Phi) is 4.82. The molecule has 4 nitrogen and oxygen atoms in total. The Morgan fingerprint density at radius 2 is 2.18 bits per heavy atom. The third-order valence-electron chi connectivity index (χ3n) is 4.03. The topological polar surface area (TPSA) is 68.0 Å². The quantitative estimate of drug-likeness (QED) is 0.863. The summed E-state index contributed by atoms with van der Waals surface area (Å²) in [6.45, 7) is 0.509. The van der Waals surface area contributed by atoms with E-state index in [0.29, 0.717) is 13.0 Å². The van der Waals surface area contributed by atoms with Gasteiger partial charge in [0, 0.05) is 11.9 Å². The summed E-state index contributed by atoms with van der Waals surface area (Å²) in [6, 6.07) is 3.82. The van der Waals surface area contributed by atoms with E-state index >= 15 is 0 Å². The Bertz CT molecular complexity index is 661. The maximum atomic E-state index is 12.3. The average molecular weight is 356 g/mol. The monoisotopic (exact) mass is 355 g/mol. The summed E-state index contributed by atoms with van der Waals surface area (Å²) in [5.74, 6) is 0.00779. The van der Waals surface area contributed by atoms with E-state index in [1.165, 1.54) is 11.3 Å². The molecule has 118 valence electrons. The number of carbonyl (C=O) groups is 1. The van der Waals surface area contributed by atoms with Crippen molar-refractivity contribution in [1.82, 2.24) is 10.3 Å². The van der Waals surface area contributed by atoms with Gasteiger partial charge in [-0.25, -0.2) is 4.98 Å². The van der Waals surface area contributed by atoms with Crippen molar-refractivity contribution >= 4 is 40.2 Å². The molecule has 2 aromatic rings. The molecular weight excluding hydrogens is 338 g/mol. The fraction of sp³-hybridized carbons (Fsp3) is 0.467. The molecule has 1 saturated carbocycles. The molecule has 2 aromatic heterocycles. The third-order valence-corrected chi connectivity index (χ3v) is 6.32. The largest absolute Gasteiger partial charge is 0.349 e. The SMILES string of the molecule is NCC1(NC(=O)Cc2csc(-c3ccc(Cl)s3)n2)CCCC1. The first-order valence-corrected chi connectivity index (χ1v) is 9.39. The number of hydrogen-bond acceptors (Lipinski definition) is 5. The smallest absolute Gasteiger partial charge is 0.226 e. The number of hydrogen-bond donors (Lipinski definition) is 2. The summed E-state index contributed by atoms with van der Waals surface area (Å²) >= 11 is 8.99. The molecule has 7 heteroatoms. The van der Waals surface area contributed by atoms with Gasteiger partial charge < -0.3 is 11.1 Å². The Balaban J connectivity index is 1.63.